The molecule has 0 aliphatic carbocycles. The molecule has 0 unspecified atom stereocenters. The normalized spacial score (nSPS) is 11.0. The van der Waals surface area contributed by atoms with Crippen LogP contribution in [0.15, 0.2) is 78.5 Å². The zero-order valence-electron chi connectivity index (χ0n) is 16.4. The third kappa shape index (κ3) is 5.60. The van der Waals surface area contributed by atoms with Crippen molar-refractivity contribution < 1.29 is 24.3 Å². The van der Waals surface area contributed by atoms with Crippen molar-refractivity contribution in [2.24, 2.45) is 5.73 Å². The molecule has 31 heavy (non-hydrogen) atoms. The second-order valence-corrected chi connectivity index (χ2v) is 6.54. The third-order valence-corrected chi connectivity index (χ3v) is 4.33. The molecule has 0 radical (unpaired) electrons. The van der Waals surface area contributed by atoms with Gasteiger partial charge in [-0.1, -0.05) is 60.7 Å². The van der Waals surface area contributed by atoms with Gasteiger partial charge in [-0.05, 0) is 29.3 Å². The van der Waals surface area contributed by atoms with Crippen LogP contribution in [0.3, 0.4) is 0 Å². The fourth-order valence-corrected chi connectivity index (χ4v) is 2.82. The van der Waals surface area contributed by atoms with Crippen LogP contribution < -0.4 is 15.2 Å². The number of benzene rings is 3. The van der Waals surface area contributed by atoms with E-state index in [0.29, 0.717) is 0 Å². The zero-order valence-corrected chi connectivity index (χ0v) is 16.4. The number of carboxylic acid groups (broad SMARTS) is 1. The van der Waals surface area contributed by atoms with Crippen LogP contribution in [-0.4, -0.2) is 16.0 Å². The van der Waals surface area contributed by atoms with Gasteiger partial charge in [-0.25, -0.2) is 4.79 Å². The summed E-state index contributed by atoms with van der Waals surface area (Å²) in [6, 6.07) is 21.3. The van der Waals surface area contributed by atoms with E-state index in [1.54, 1.807) is 0 Å². The number of rotatable bonds is 9. The van der Waals surface area contributed by atoms with Gasteiger partial charge >= 0.3 is 11.7 Å². The van der Waals surface area contributed by atoms with Crippen molar-refractivity contribution in [1.82, 2.24) is 0 Å². The van der Waals surface area contributed by atoms with Crippen molar-refractivity contribution in [2.45, 2.75) is 13.2 Å². The molecule has 0 atom stereocenters. The first-order valence-electron chi connectivity index (χ1n) is 9.31. The Morgan fingerprint density at radius 1 is 0.935 bits per heavy atom. The predicted octanol–water partition coefficient (Wildman–Crippen LogP) is 4.14. The molecule has 8 nitrogen and oxygen atoms in total. The molecule has 0 spiro atoms. The maximum absolute atomic E-state index is 11.9. The molecule has 0 fully saturated rings. The van der Waals surface area contributed by atoms with Gasteiger partial charge in [-0.2, -0.15) is 0 Å². The molecule has 158 valence electrons. The van der Waals surface area contributed by atoms with Gasteiger partial charge in [0.2, 0.25) is 5.75 Å². The minimum absolute atomic E-state index is 0.0000211. The third-order valence-electron chi connectivity index (χ3n) is 4.33. The highest BCUT2D eigenvalue weighted by molar-refractivity contribution is 5.92. The number of nitrogens with zero attached hydrogens (tertiary/aromatic N) is 1. The van der Waals surface area contributed by atoms with E-state index < -0.39 is 22.3 Å². The van der Waals surface area contributed by atoms with Crippen molar-refractivity contribution in [3.8, 4) is 11.5 Å². The molecule has 3 N–H and O–H groups in total. The number of ether oxygens (including phenoxy) is 2. The van der Waals surface area contributed by atoms with Crippen LogP contribution in [-0.2, 0) is 18.0 Å². The van der Waals surface area contributed by atoms with Crippen LogP contribution in [0.1, 0.15) is 16.7 Å². The van der Waals surface area contributed by atoms with Crippen LogP contribution in [0.5, 0.6) is 11.5 Å². The standard InChI is InChI=1S/C23H20N2O6/c24-19(23(26)27)13-18-11-12-20(30-14-16-7-3-1-4-8-16)22(21(18)25(28)29)31-15-17-9-5-2-6-10-17/h1-13H,14-15,24H2,(H,26,27). The monoisotopic (exact) mass is 420 g/mol. The SMILES string of the molecule is NC(=Cc1ccc(OCc2ccccc2)c(OCc2ccccc2)c1[N+](=O)[O-])C(=O)O. The maximum Gasteiger partial charge on any atom is 0.351 e. The van der Waals surface area contributed by atoms with Crippen molar-refractivity contribution >= 4 is 17.7 Å². The minimum Gasteiger partial charge on any atom is -0.485 e. The molecule has 0 bridgehead atoms. The number of hydrogen-bond acceptors (Lipinski definition) is 6. The number of nitro benzene ring substituents is 1. The molecule has 0 heterocycles. The Morgan fingerprint density at radius 3 is 2.00 bits per heavy atom. The molecule has 0 aliphatic rings. The Kier molecular flexibility index (Phi) is 6.85. The van der Waals surface area contributed by atoms with Gasteiger partial charge < -0.3 is 20.3 Å². The van der Waals surface area contributed by atoms with Crippen LogP contribution in [0.25, 0.3) is 6.08 Å². The van der Waals surface area contributed by atoms with E-state index in [-0.39, 0.29) is 30.3 Å². The highest BCUT2D eigenvalue weighted by Crippen LogP contribution is 2.41. The van der Waals surface area contributed by atoms with E-state index in [2.05, 4.69) is 0 Å². The van der Waals surface area contributed by atoms with Crippen LogP contribution in [0.2, 0.25) is 0 Å². The average Bonchev–Trinajstić information content (AvgIpc) is 2.77. The fourth-order valence-electron chi connectivity index (χ4n) is 2.82. The molecule has 3 aromatic rings. The Bertz CT molecular complexity index is 1100. The summed E-state index contributed by atoms with van der Waals surface area (Å²) in [7, 11) is 0. The molecule has 3 rings (SSSR count). The molecule has 0 aromatic heterocycles. The highest BCUT2D eigenvalue weighted by atomic mass is 16.6. The number of carbonyl (C=O) groups is 1. The van der Waals surface area contributed by atoms with Gasteiger partial charge in [0, 0.05) is 0 Å². The molecular formula is C23H20N2O6. The molecule has 0 saturated carbocycles. The maximum atomic E-state index is 11.9. The van der Waals surface area contributed by atoms with Gasteiger partial charge in [0.05, 0.1) is 10.5 Å². The fraction of sp³-hybridized carbons (Fsp3) is 0.0870. The minimum atomic E-state index is -1.38. The molecule has 0 saturated heterocycles. The number of nitro groups is 1. The molecular weight excluding hydrogens is 400 g/mol. The topological polar surface area (TPSA) is 125 Å². The summed E-state index contributed by atoms with van der Waals surface area (Å²) >= 11 is 0. The van der Waals surface area contributed by atoms with Crippen molar-refractivity contribution in [1.29, 1.82) is 0 Å². The zero-order chi connectivity index (χ0) is 22.2. The first kappa shape index (κ1) is 21.4. The van der Waals surface area contributed by atoms with Crippen molar-refractivity contribution in [2.75, 3.05) is 0 Å². The Morgan fingerprint density at radius 2 is 1.48 bits per heavy atom. The van der Waals surface area contributed by atoms with E-state index in [0.717, 1.165) is 17.2 Å². The van der Waals surface area contributed by atoms with E-state index in [1.165, 1.54) is 12.1 Å². The van der Waals surface area contributed by atoms with Crippen molar-refractivity contribution in [3.63, 3.8) is 0 Å². The second-order valence-electron chi connectivity index (χ2n) is 6.54. The molecule has 0 aliphatic heterocycles. The quantitative estimate of drug-likeness (QED) is 0.303. The van der Waals surface area contributed by atoms with Crippen LogP contribution >= 0.6 is 0 Å². The van der Waals surface area contributed by atoms with Gasteiger partial charge in [-0.3, -0.25) is 10.1 Å². The number of aliphatic carboxylic acids is 1. The summed E-state index contributed by atoms with van der Waals surface area (Å²) in [5, 5.41) is 20.9. The summed E-state index contributed by atoms with van der Waals surface area (Å²) in [6.45, 7) is 0.233. The van der Waals surface area contributed by atoms with Gasteiger partial charge in [-0.15, -0.1) is 0 Å². The number of nitrogens with two attached hydrogens (primary N) is 1. The van der Waals surface area contributed by atoms with Gasteiger partial charge in [0.25, 0.3) is 0 Å². The second kappa shape index (κ2) is 9.93. The molecule has 8 heteroatoms. The Labute approximate surface area is 178 Å². The van der Waals surface area contributed by atoms with E-state index in [1.807, 2.05) is 60.7 Å². The van der Waals surface area contributed by atoms with E-state index in [4.69, 9.17) is 20.3 Å². The van der Waals surface area contributed by atoms with Crippen LogP contribution in [0, 0.1) is 10.1 Å². The summed E-state index contributed by atoms with van der Waals surface area (Å²) in [6.07, 6.45) is 1.02. The van der Waals surface area contributed by atoms with E-state index >= 15 is 0 Å². The number of carboxylic acids is 1. The molecule has 0 amide bonds. The number of hydrogen-bond donors (Lipinski definition) is 2. The lowest BCUT2D eigenvalue weighted by molar-refractivity contribution is -0.386. The Balaban J connectivity index is 2.01. The summed E-state index contributed by atoms with van der Waals surface area (Å²) < 4.78 is 11.6. The first-order valence-corrected chi connectivity index (χ1v) is 9.31. The largest absolute Gasteiger partial charge is 0.485 e. The predicted molar refractivity (Wildman–Crippen MR) is 114 cm³/mol. The van der Waals surface area contributed by atoms with Crippen LogP contribution in [0.4, 0.5) is 5.69 Å². The lowest BCUT2D eigenvalue weighted by Crippen LogP contribution is -2.10. The summed E-state index contributed by atoms with van der Waals surface area (Å²) in [4.78, 5) is 22.3. The first-order chi connectivity index (χ1) is 15.0. The smallest absolute Gasteiger partial charge is 0.351 e. The summed E-state index contributed by atoms with van der Waals surface area (Å²) in [5.74, 6) is -1.32. The lowest BCUT2D eigenvalue weighted by Gasteiger charge is -2.14. The lowest BCUT2D eigenvalue weighted by atomic mass is 10.1. The average molecular weight is 420 g/mol. The highest BCUT2D eigenvalue weighted by Gasteiger charge is 2.26. The van der Waals surface area contributed by atoms with Gasteiger partial charge in [0.1, 0.15) is 18.9 Å². The summed E-state index contributed by atoms with van der Waals surface area (Å²) in [5.41, 5.74) is 6.19. The van der Waals surface area contributed by atoms with E-state index in [9.17, 15) is 14.9 Å². The van der Waals surface area contributed by atoms with Crippen molar-refractivity contribution in [3.05, 3.63) is 105 Å². The molecule has 3 aromatic carbocycles. The van der Waals surface area contributed by atoms with Gasteiger partial charge in [0.15, 0.2) is 5.75 Å². The Hall–Kier alpha value is -4.33.